The monoisotopic (exact) mass is 140 g/mol. The molecule has 1 aliphatic carbocycles. The number of rotatable bonds is 1. The average Bonchev–Trinajstić information content (AvgIpc) is 1.95. The van der Waals surface area contributed by atoms with Crippen molar-refractivity contribution in [1.82, 2.24) is 0 Å². The van der Waals surface area contributed by atoms with Gasteiger partial charge in [-0.15, -0.1) is 0 Å². The summed E-state index contributed by atoms with van der Waals surface area (Å²) in [7, 11) is 0. The lowest BCUT2D eigenvalue weighted by Gasteiger charge is -2.25. The van der Waals surface area contributed by atoms with E-state index < -0.39 is 0 Å². The molecule has 1 heteroatoms. The van der Waals surface area contributed by atoms with Crippen molar-refractivity contribution >= 4 is 0 Å². The highest BCUT2D eigenvalue weighted by atomic mass is 16.3. The molecule has 0 radical (unpaired) electrons. The van der Waals surface area contributed by atoms with E-state index in [0.717, 1.165) is 12.3 Å². The topological polar surface area (TPSA) is 20.2 Å². The molecule has 0 spiro atoms. The third-order valence-electron chi connectivity index (χ3n) is 2.49. The summed E-state index contributed by atoms with van der Waals surface area (Å²) in [6, 6.07) is 0. The largest absolute Gasteiger partial charge is 0.396 e. The Balaban J connectivity index is 2.51. The van der Waals surface area contributed by atoms with Crippen molar-refractivity contribution in [2.24, 2.45) is 17.8 Å². The minimum atomic E-state index is 0.313. The fourth-order valence-electron chi connectivity index (χ4n) is 1.43. The summed E-state index contributed by atoms with van der Waals surface area (Å²) in [6.45, 7) is 4.79. The van der Waals surface area contributed by atoms with Crippen molar-refractivity contribution in [2.75, 3.05) is 6.61 Å². The van der Waals surface area contributed by atoms with Gasteiger partial charge in [0.2, 0.25) is 0 Å². The van der Waals surface area contributed by atoms with Crippen molar-refractivity contribution in [2.45, 2.75) is 20.3 Å². The van der Waals surface area contributed by atoms with Gasteiger partial charge in [-0.2, -0.15) is 0 Å². The van der Waals surface area contributed by atoms with Crippen LogP contribution in [0, 0.1) is 17.8 Å². The van der Waals surface area contributed by atoms with Gasteiger partial charge < -0.3 is 5.11 Å². The van der Waals surface area contributed by atoms with Crippen LogP contribution in [0.15, 0.2) is 12.2 Å². The molecule has 0 saturated carbocycles. The summed E-state index contributed by atoms with van der Waals surface area (Å²) < 4.78 is 0. The molecule has 58 valence electrons. The number of aliphatic hydroxyl groups is 1. The van der Waals surface area contributed by atoms with Crippen LogP contribution in [0.3, 0.4) is 0 Å². The number of hydrogen-bond acceptors (Lipinski definition) is 1. The van der Waals surface area contributed by atoms with Gasteiger partial charge in [-0.05, 0) is 18.3 Å². The summed E-state index contributed by atoms with van der Waals surface area (Å²) in [6.07, 6.45) is 5.51. The Morgan fingerprint density at radius 2 is 2.10 bits per heavy atom. The first-order valence-corrected chi connectivity index (χ1v) is 4.03. The Kier molecular flexibility index (Phi) is 2.50. The minimum absolute atomic E-state index is 0.313. The lowest BCUT2D eigenvalue weighted by atomic mass is 9.81. The summed E-state index contributed by atoms with van der Waals surface area (Å²) >= 11 is 0. The molecule has 1 N–H and O–H groups in total. The fraction of sp³-hybridized carbons (Fsp3) is 0.778. The van der Waals surface area contributed by atoms with Crippen molar-refractivity contribution < 1.29 is 5.11 Å². The SMILES string of the molecule is CC1C=CC(CO)CC1C. The van der Waals surface area contributed by atoms with E-state index in [1.165, 1.54) is 0 Å². The zero-order valence-electron chi connectivity index (χ0n) is 6.75. The van der Waals surface area contributed by atoms with E-state index in [2.05, 4.69) is 26.0 Å². The molecule has 0 fully saturated rings. The molecular weight excluding hydrogens is 124 g/mol. The van der Waals surface area contributed by atoms with E-state index in [1.54, 1.807) is 0 Å². The molecule has 0 aromatic carbocycles. The summed E-state index contributed by atoms with van der Waals surface area (Å²) in [5, 5.41) is 8.84. The molecule has 1 nitrogen and oxygen atoms in total. The number of aliphatic hydroxyl groups excluding tert-OH is 1. The van der Waals surface area contributed by atoms with Crippen LogP contribution in [-0.4, -0.2) is 11.7 Å². The molecule has 0 heterocycles. The Morgan fingerprint density at radius 3 is 2.60 bits per heavy atom. The van der Waals surface area contributed by atoms with Crippen molar-refractivity contribution in [3.8, 4) is 0 Å². The molecule has 0 aliphatic heterocycles. The van der Waals surface area contributed by atoms with Gasteiger partial charge in [-0.25, -0.2) is 0 Å². The lowest BCUT2D eigenvalue weighted by Crippen LogP contribution is -2.17. The number of allylic oxidation sites excluding steroid dienone is 1. The second kappa shape index (κ2) is 3.20. The zero-order valence-corrected chi connectivity index (χ0v) is 6.75. The van der Waals surface area contributed by atoms with Gasteiger partial charge in [0.05, 0.1) is 0 Å². The third-order valence-corrected chi connectivity index (χ3v) is 2.49. The number of hydrogen-bond donors (Lipinski definition) is 1. The fourth-order valence-corrected chi connectivity index (χ4v) is 1.43. The molecule has 0 amide bonds. The first kappa shape index (κ1) is 7.80. The van der Waals surface area contributed by atoms with E-state index in [1.807, 2.05) is 0 Å². The maximum Gasteiger partial charge on any atom is 0.0493 e. The van der Waals surface area contributed by atoms with Crippen LogP contribution in [0.5, 0.6) is 0 Å². The smallest absolute Gasteiger partial charge is 0.0493 e. The molecule has 3 atom stereocenters. The molecule has 0 aromatic heterocycles. The highest BCUT2D eigenvalue weighted by Gasteiger charge is 2.18. The van der Waals surface area contributed by atoms with Crippen LogP contribution >= 0.6 is 0 Å². The van der Waals surface area contributed by atoms with E-state index in [0.29, 0.717) is 18.4 Å². The van der Waals surface area contributed by atoms with Crippen LogP contribution in [0.25, 0.3) is 0 Å². The van der Waals surface area contributed by atoms with Gasteiger partial charge >= 0.3 is 0 Å². The Bertz CT molecular complexity index is 129. The highest BCUT2D eigenvalue weighted by Crippen LogP contribution is 2.26. The predicted molar refractivity (Wildman–Crippen MR) is 42.7 cm³/mol. The van der Waals surface area contributed by atoms with E-state index in [-0.39, 0.29) is 0 Å². The molecule has 1 aliphatic rings. The van der Waals surface area contributed by atoms with Gasteiger partial charge in [0, 0.05) is 12.5 Å². The van der Waals surface area contributed by atoms with E-state index >= 15 is 0 Å². The second-order valence-corrected chi connectivity index (χ2v) is 3.40. The molecule has 1 rings (SSSR count). The predicted octanol–water partition coefficient (Wildman–Crippen LogP) is 1.83. The summed E-state index contributed by atoms with van der Waals surface area (Å²) in [4.78, 5) is 0. The third kappa shape index (κ3) is 1.60. The molecule has 0 bridgehead atoms. The average molecular weight is 140 g/mol. The Labute approximate surface area is 62.8 Å². The van der Waals surface area contributed by atoms with Gasteiger partial charge in [0.15, 0.2) is 0 Å². The van der Waals surface area contributed by atoms with Crippen molar-refractivity contribution in [3.63, 3.8) is 0 Å². The summed E-state index contributed by atoms with van der Waals surface area (Å²) in [5.41, 5.74) is 0. The lowest BCUT2D eigenvalue weighted by molar-refractivity contribution is 0.214. The Morgan fingerprint density at radius 1 is 1.40 bits per heavy atom. The zero-order chi connectivity index (χ0) is 7.56. The quantitative estimate of drug-likeness (QED) is 0.551. The molecule has 3 unspecified atom stereocenters. The van der Waals surface area contributed by atoms with Crippen molar-refractivity contribution in [1.29, 1.82) is 0 Å². The molecular formula is C9H16O. The van der Waals surface area contributed by atoms with Gasteiger partial charge in [-0.1, -0.05) is 26.0 Å². The van der Waals surface area contributed by atoms with Crippen LogP contribution in [0.4, 0.5) is 0 Å². The van der Waals surface area contributed by atoms with Crippen molar-refractivity contribution in [3.05, 3.63) is 12.2 Å². The second-order valence-electron chi connectivity index (χ2n) is 3.40. The first-order chi connectivity index (χ1) is 4.74. The van der Waals surface area contributed by atoms with Gasteiger partial charge in [0.25, 0.3) is 0 Å². The minimum Gasteiger partial charge on any atom is -0.396 e. The van der Waals surface area contributed by atoms with Gasteiger partial charge in [-0.3, -0.25) is 0 Å². The summed E-state index contributed by atoms with van der Waals surface area (Å²) in [5.74, 6) is 1.86. The standard InChI is InChI=1S/C9H16O/c1-7-3-4-9(6-10)5-8(7)2/h3-4,7-10H,5-6H2,1-2H3. The van der Waals surface area contributed by atoms with Gasteiger partial charge in [0.1, 0.15) is 0 Å². The van der Waals surface area contributed by atoms with Crippen LogP contribution in [0.1, 0.15) is 20.3 Å². The van der Waals surface area contributed by atoms with E-state index in [4.69, 9.17) is 5.11 Å². The normalized spacial score (nSPS) is 40.1. The maximum absolute atomic E-state index is 8.84. The van der Waals surface area contributed by atoms with E-state index in [9.17, 15) is 0 Å². The first-order valence-electron chi connectivity index (χ1n) is 4.03. The Hall–Kier alpha value is -0.300. The molecule has 10 heavy (non-hydrogen) atoms. The van der Waals surface area contributed by atoms with Crippen LogP contribution in [0.2, 0.25) is 0 Å². The van der Waals surface area contributed by atoms with Crippen LogP contribution in [-0.2, 0) is 0 Å². The van der Waals surface area contributed by atoms with Crippen LogP contribution < -0.4 is 0 Å². The maximum atomic E-state index is 8.84. The molecule has 0 saturated heterocycles. The molecule has 0 aromatic rings. The highest BCUT2D eigenvalue weighted by molar-refractivity contribution is 4.98.